The number of aromatic nitrogens is 2. The molecule has 104 valence electrons. The Kier molecular flexibility index (Phi) is 3.60. The number of carbonyl (C=O) groups excluding carboxylic acids is 1. The first-order chi connectivity index (χ1) is 10.3. The van der Waals surface area contributed by atoms with Crippen molar-refractivity contribution in [3.8, 4) is 5.88 Å². The van der Waals surface area contributed by atoms with Gasteiger partial charge in [-0.05, 0) is 10.8 Å². The Morgan fingerprint density at radius 1 is 1.10 bits per heavy atom. The molecule has 0 N–H and O–H groups in total. The summed E-state index contributed by atoms with van der Waals surface area (Å²) in [7, 11) is 1.54. The van der Waals surface area contributed by atoms with Gasteiger partial charge in [-0.1, -0.05) is 42.5 Å². The predicted molar refractivity (Wildman–Crippen MR) is 80.6 cm³/mol. The minimum absolute atomic E-state index is 0.0348. The molecule has 0 spiro atoms. The van der Waals surface area contributed by atoms with Crippen LogP contribution in [-0.4, -0.2) is 22.9 Å². The van der Waals surface area contributed by atoms with Crippen LogP contribution in [0.4, 0.5) is 0 Å². The molecule has 1 heterocycles. The van der Waals surface area contributed by atoms with Gasteiger partial charge in [-0.2, -0.15) is 0 Å². The summed E-state index contributed by atoms with van der Waals surface area (Å²) in [6.07, 6.45) is 1.64. The van der Waals surface area contributed by atoms with Crippen molar-refractivity contribution in [3.63, 3.8) is 0 Å². The number of hydrogen-bond acceptors (Lipinski definition) is 4. The molecule has 0 aliphatic carbocycles. The van der Waals surface area contributed by atoms with E-state index in [1.54, 1.807) is 13.2 Å². The Hall–Kier alpha value is -2.75. The average molecular weight is 278 g/mol. The Morgan fingerprint density at radius 3 is 2.76 bits per heavy atom. The average Bonchev–Trinajstić information content (AvgIpc) is 2.54. The van der Waals surface area contributed by atoms with Gasteiger partial charge in [0.25, 0.3) is 0 Å². The Morgan fingerprint density at radius 2 is 1.90 bits per heavy atom. The SMILES string of the molecule is COc1cc(CC(=O)c2cccc3ccccc23)ncn1. The van der Waals surface area contributed by atoms with Crippen molar-refractivity contribution in [2.24, 2.45) is 0 Å². The summed E-state index contributed by atoms with van der Waals surface area (Å²) in [6, 6.07) is 15.3. The molecule has 3 aromatic rings. The van der Waals surface area contributed by atoms with Gasteiger partial charge in [0.1, 0.15) is 6.33 Å². The summed E-state index contributed by atoms with van der Waals surface area (Å²) in [6.45, 7) is 0. The molecule has 2 aromatic carbocycles. The predicted octanol–water partition coefficient (Wildman–Crippen LogP) is 3.06. The van der Waals surface area contributed by atoms with Crippen molar-refractivity contribution in [3.05, 3.63) is 66.1 Å². The molecule has 0 unspecified atom stereocenters. The lowest BCUT2D eigenvalue weighted by atomic mass is 9.99. The molecule has 3 rings (SSSR count). The fourth-order valence-electron chi connectivity index (χ4n) is 2.31. The largest absolute Gasteiger partial charge is 0.481 e. The van der Waals surface area contributed by atoms with Gasteiger partial charge in [-0.25, -0.2) is 9.97 Å². The maximum absolute atomic E-state index is 12.5. The van der Waals surface area contributed by atoms with Crippen LogP contribution in [0.3, 0.4) is 0 Å². The van der Waals surface area contributed by atoms with Crippen LogP contribution in [0.25, 0.3) is 10.8 Å². The first kappa shape index (κ1) is 13.2. The van der Waals surface area contributed by atoms with Gasteiger partial charge in [0.15, 0.2) is 5.78 Å². The van der Waals surface area contributed by atoms with Crippen molar-refractivity contribution in [1.29, 1.82) is 0 Å². The smallest absolute Gasteiger partial charge is 0.216 e. The number of methoxy groups -OCH3 is 1. The van der Waals surface area contributed by atoms with Crippen molar-refractivity contribution in [2.75, 3.05) is 7.11 Å². The van der Waals surface area contributed by atoms with Crippen molar-refractivity contribution in [2.45, 2.75) is 6.42 Å². The Balaban J connectivity index is 1.93. The molecular formula is C17H14N2O2. The summed E-state index contributed by atoms with van der Waals surface area (Å²) < 4.78 is 5.05. The number of ketones is 1. The number of carbonyl (C=O) groups is 1. The quantitative estimate of drug-likeness (QED) is 0.688. The first-order valence-electron chi connectivity index (χ1n) is 6.64. The van der Waals surface area contributed by atoms with Gasteiger partial charge in [0.05, 0.1) is 19.2 Å². The third kappa shape index (κ3) is 2.74. The number of benzene rings is 2. The molecular weight excluding hydrogens is 264 g/mol. The third-order valence-electron chi connectivity index (χ3n) is 3.34. The number of ether oxygens (including phenoxy) is 1. The fraction of sp³-hybridized carbons (Fsp3) is 0.118. The van der Waals surface area contributed by atoms with E-state index in [-0.39, 0.29) is 12.2 Å². The molecule has 4 nitrogen and oxygen atoms in total. The molecule has 1 aromatic heterocycles. The first-order valence-corrected chi connectivity index (χ1v) is 6.64. The van der Waals surface area contributed by atoms with Crippen molar-refractivity contribution >= 4 is 16.6 Å². The van der Waals surface area contributed by atoms with Crippen LogP contribution in [0.1, 0.15) is 16.1 Å². The molecule has 0 radical (unpaired) electrons. The van der Waals surface area contributed by atoms with E-state index in [9.17, 15) is 4.79 Å². The van der Waals surface area contributed by atoms with E-state index >= 15 is 0 Å². The van der Waals surface area contributed by atoms with Gasteiger partial charge in [0, 0.05) is 11.6 Å². The maximum Gasteiger partial charge on any atom is 0.216 e. The minimum Gasteiger partial charge on any atom is -0.481 e. The second-order valence-electron chi connectivity index (χ2n) is 4.68. The minimum atomic E-state index is 0.0348. The lowest BCUT2D eigenvalue weighted by Gasteiger charge is -2.06. The number of fused-ring (bicyclic) bond motifs is 1. The number of Topliss-reactive ketones (excluding diaryl/α,β-unsaturated/α-hetero) is 1. The van der Waals surface area contributed by atoms with Crippen LogP contribution < -0.4 is 4.74 Å². The van der Waals surface area contributed by atoms with E-state index < -0.39 is 0 Å². The highest BCUT2D eigenvalue weighted by Crippen LogP contribution is 2.20. The van der Waals surface area contributed by atoms with E-state index in [2.05, 4.69) is 9.97 Å². The van der Waals surface area contributed by atoms with Crippen LogP contribution in [-0.2, 0) is 6.42 Å². The molecule has 0 amide bonds. The highest BCUT2D eigenvalue weighted by Gasteiger charge is 2.12. The lowest BCUT2D eigenvalue weighted by Crippen LogP contribution is -2.06. The van der Waals surface area contributed by atoms with Crippen molar-refractivity contribution < 1.29 is 9.53 Å². The highest BCUT2D eigenvalue weighted by molar-refractivity contribution is 6.08. The Labute approximate surface area is 122 Å². The summed E-state index contributed by atoms with van der Waals surface area (Å²) in [5.74, 6) is 0.498. The summed E-state index contributed by atoms with van der Waals surface area (Å²) in [5.41, 5.74) is 1.37. The van der Waals surface area contributed by atoms with Crippen LogP contribution in [0, 0.1) is 0 Å². The zero-order chi connectivity index (χ0) is 14.7. The molecule has 0 saturated heterocycles. The molecule has 4 heteroatoms. The summed E-state index contributed by atoms with van der Waals surface area (Å²) in [4.78, 5) is 20.6. The zero-order valence-electron chi connectivity index (χ0n) is 11.6. The zero-order valence-corrected chi connectivity index (χ0v) is 11.6. The van der Waals surface area contributed by atoms with Gasteiger partial charge in [-0.15, -0.1) is 0 Å². The van der Waals surface area contributed by atoms with E-state index in [1.807, 2.05) is 42.5 Å². The van der Waals surface area contributed by atoms with Gasteiger partial charge in [0.2, 0.25) is 5.88 Å². The third-order valence-corrected chi connectivity index (χ3v) is 3.34. The molecule has 0 aliphatic rings. The van der Waals surface area contributed by atoms with Crippen LogP contribution >= 0.6 is 0 Å². The van der Waals surface area contributed by atoms with E-state index in [4.69, 9.17) is 4.74 Å². The number of nitrogens with zero attached hydrogens (tertiary/aromatic N) is 2. The maximum atomic E-state index is 12.5. The van der Waals surface area contributed by atoms with Crippen LogP contribution in [0.15, 0.2) is 54.9 Å². The van der Waals surface area contributed by atoms with Crippen LogP contribution in [0.5, 0.6) is 5.88 Å². The summed E-state index contributed by atoms with van der Waals surface area (Å²) in [5, 5.41) is 2.02. The fourth-order valence-corrected chi connectivity index (χ4v) is 2.31. The molecule has 0 aliphatic heterocycles. The molecule has 0 fully saturated rings. The highest BCUT2D eigenvalue weighted by atomic mass is 16.5. The Bertz CT molecular complexity index is 794. The van der Waals surface area contributed by atoms with Crippen LogP contribution in [0.2, 0.25) is 0 Å². The molecule has 21 heavy (non-hydrogen) atoms. The molecule has 0 bridgehead atoms. The van der Waals surface area contributed by atoms with E-state index in [1.165, 1.54) is 6.33 Å². The monoisotopic (exact) mass is 278 g/mol. The van der Waals surface area contributed by atoms with E-state index in [0.717, 1.165) is 10.8 Å². The molecule has 0 atom stereocenters. The summed E-state index contributed by atoms with van der Waals surface area (Å²) >= 11 is 0. The second-order valence-corrected chi connectivity index (χ2v) is 4.68. The lowest BCUT2D eigenvalue weighted by molar-refractivity contribution is 0.0993. The van der Waals surface area contributed by atoms with Gasteiger partial charge in [-0.3, -0.25) is 4.79 Å². The standard InChI is InChI=1S/C17H14N2O2/c1-21-17-10-13(18-11-19-17)9-16(20)15-8-4-6-12-5-2-3-7-14(12)15/h2-8,10-11H,9H2,1H3. The normalized spacial score (nSPS) is 10.5. The number of hydrogen-bond donors (Lipinski definition) is 0. The van der Waals surface area contributed by atoms with E-state index in [0.29, 0.717) is 17.1 Å². The molecule has 0 saturated carbocycles. The van der Waals surface area contributed by atoms with Crippen molar-refractivity contribution in [1.82, 2.24) is 9.97 Å². The topological polar surface area (TPSA) is 52.1 Å². The number of rotatable bonds is 4. The van der Waals surface area contributed by atoms with Gasteiger partial charge < -0.3 is 4.74 Å². The van der Waals surface area contributed by atoms with Gasteiger partial charge >= 0.3 is 0 Å². The second kappa shape index (κ2) is 5.71.